The molecule has 3 rings (SSSR count). The van der Waals surface area contributed by atoms with Crippen molar-refractivity contribution >= 4 is 17.7 Å². The smallest absolute Gasteiger partial charge is 0.233 e. The zero-order valence-corrected chi connectivity index (χ0v) is 16.2. The molecule has 0 aromatic carbocycles. The van der Waals surface area contributed by atoms with Gasteiger partial charge in [0, 0.05) is 20.1 Å². The summed E-state index contributed by atoms with van der Waals surface area (Å²) in [6, 6.07) is 2.27. The lowest BCUT2D eigenvalue weighted by molar-refractivity contribution is -0.129. The normalized spacial score (nSPS) is 20.6. The number of hydrogen-bond donors (Lipinski definition) is 0. The second-order valence-corrected chi connectivity index (χ2v) is 7.91. The number of aromatic nitrogens is 3. The summed E-state index contributed by atoms with van der Waals surface area (Å²) in [6.07, 6.45) is 6.30. The fraction of sp³-hybridized carbons (Fsp3) is 0.611. The molecule has 1 amide bonds. The summed E-state index contributed by atoms with van der Waals surface area (Å²) in [5, 5.41) is 9.22. The van der Waals surface area contributed by atoms with Gasteiger partial charge in [-0.25, -0.2) is 0 Å². The Morgan fingerprint density at radius 1 is 1.36 bits per heavy atom. The largest absolute Gasteiger partial charge is 0.469 e. The van der Waals surface area contributed by atoms with E-state index in [-0.39, 0.29) is 5.91 Å². The molecule has 2 aromatic heterocycles. The van der Waals surface area contributed by atoms with Crippen LogP contribution in [-0.2, 0) is 11.8 Å². The molecule has 1 aliphatic carbocycles. The summed E-state index contributed by atoms with van der Waals surface area (Å²) in [4.78, 5) is 14.5. The van der Waals surface area contributed by atoms with Crippen molar-refractivity contribution in [3.05, 3.63) is 18.1 Å². The van der Waals surface area contributed by atoms with Crippen LogP contribution in [0.25, 0.3) is 11.4 Å². The van der Waals surface area contributed by atoms with E-state index in [1.54, 1.807) is 6.26 Å². The average molecular weight is 362 g/mol. The molecule has 6 nitrogen and oxygen atoms in total. The van der Waals surface area contributed by atoms with Gasteiger partial charge >= 0.3 is 0 Å². The number of furan rings is 1. The van der Waals surface area contributed by atoms with Gasteiger partial charge in [-0.15, -0.1) is 10.2 Å². The number of rotatable bonds is 5. The Hall–Kier alpha value is -1.76. The van der Waals surface area contributed by atoms with E-state index in [9.17, 15) is 4.79 Å². The zero-order chi connectivity index (χ0) is 18.0. The van der Waals surface area contributed by atoms with Crippen molar-refractivity contribution < 1.29 is 9.21 Å². The van der Waals surface area contributed by atoms with Crippen molar-refractivity contribution in [3.63, 3.8) is 0 Å². The predicted octanol–water partition coefficient (Wildman–Crippen LogP) is 3.51. The standard InChI is InChI=1S/C18H26N4O2S/c1-12-5-7-14(8-6-12)21(3)16(23)11-25-18-20-19-17(22(18)4)15-9-10-24-13(15)2/h9-10,12,14H,5-8,11H2,1-4H3. The van der Waals surface area contributed by atoms with Gasteiger partial charge < -0.3 is 13.9 Å². The molecule has 0 bridgehead atoms. The van der Waals surface area contributed by atoms with Gasteiger partial charge in [-0.3, -0.25) is 4.79 Å². The van der Waals surface area contributed by atoms with Crippen LogP contribution in [0.3, 0.4) is 0 Å². The minimum Gasteiger partial charge on any atom is -0.469 e. The van der Waals surface area contributed by atoms with Crippen molar-refractivity contribution in [1.29, 1.82) is 0 Å². The fourth-order valence-electron chi connectivity index (χ4n) is 3.35. The van der Waals surface area contributed by atoms with Gasteiger partial charge in [-0.05, 0) is 44.6 Å². The van der Waals surface area contributed by atoms with Gasteiger partial charge in [-0.1, -0.05) is 18.7 Å². The van der Waals surface area contributed by atoms with Crippen LogP contribution in [0.15, 0.2) is 21.9 Å². The first-order valence-electron chi connectivity index (χ1n) is 8.79. The molecule has 0 aliphatic heterocycles. The van der Waals surface area contributed by atoms with Crippen molar-refractivity contribution in [3.8, 4) is 11.4 Å². The Kier molecular flexibility index (Phi) is 5.51. The predicted molar refractivity (Wildman–Crippen MR) is 98.4 cm³/mol. The van der Waals surface area contributed by atoms with Crippen LogP contribution in [0.4, 0.5) is 0 Å². The number of carbonyl (C=O) groups is 1. The molecule has 1 aliphatic rings. The van der Waals surface area contributed by atoms with Gasteiger partial charge in [0.05, 0.1) is 17.6 Å². The van der Waals surface area contributed by atoms with E-state index in [1.165, 1.54) is 24.6 Å². The number of hydrogen-bond acceptors (Lipinski definition) is 5. The monoisotopic (exact) mass is 362 g/mol. The number of aryl methyl sites for hydroxylation is 1. The molecule has 0 N–H and O–H groups in total. The summed E-state index contributed by atoms with van der Waals surface area (Å²) in [7, 11) is 3.85. The first-order valence-corrected chi connectivity index (χ1v) is 9.78. The second-order valence-electron chi connectivity index (χ2n) is 6.96. The molecule has 1 saturated carbocycles. The van der Waals surface area contributed by atoms with E-state index >= 15 is 0 Å². The maximum Gasteiger partial charge on any atom is 0.233 e. The van der Waals surface area contributed by atoms with Gasteiger partial charge in [0.15, 0.2) is 11.0 Å². The van der Waals surface area contributed by atoms with Crippen molar-refractivity contribution in [1.82, 2.24) is 19.7 Å². The van der Waals surface area contributed by atoms with Crippen LogP contribution in [0.1, 0.15) is 38.4 Å². The van der Waals surface area contributed by atoms with Gasteiger partial charge in [-0.2, -0.15) is 0 Å². The zero-order valence-electron chi connectivity index (χ0n) is 15.4. The molecular formula is C18H26N4O2S. The Balaban J connectivity index is 1.59. The van der Waals surface area contributed by atoms with E-state index in [0.29, 0.717) is 11.8 Å². The van der Waals surface area contributed by atoms with Crippen LogP contribution < -0.4 is 0 Å². The van der Waals surface area contributed by atoms with E-state index < -0.39 is 0 Å². The van der Waals surface area contributed by atoms with E-state index in [2.05, 4.69) is 17.1 Å². The molecule has 1 fully saturated rings. The minimum atomic E-state index is 0.161. The van der Waals surface area contributed by atoms with Crippen LogP contribution in [0.2, 0.25) is 0 Å². The first-order chi connectivity index (χ1) is 12.0. The molecule has 0 radical (unpaired) electrons. The number of thioether (sulfide) groups is 1. The lowest BCUT2D eigenvalue weighted by atomic mass is 9.87. The summed E-state index contributed by atoms with van der Waals surface area (Å²) in [6.45, 7) is 4.20. The molecule has 25 heavy (non-hydrogen) atoms. The van der Waals surface area contributed by atoms with Gasteiger partial charge in [0.25, 0.3) is 0 Å². The highest BCUT2D eigenvalue weighted by Gasteiger charge is 2.25. The highest BCUT2D eigenvalue weighted by Crippen LogP contribution is 2.28. The van der Waals surface area contributed by atoms with E-state index in [1.807, 2.05) is 36.6 Å². The minimum absolute atomic E-state index is 0.161. The molecular weight excluding hydrogens is 336 g/mol. The SMILES string of the molecule is Cc1occc1-c1nnc(SCC(=O)N(C)C2CCC(C)CC2)n1C. The van der Waals surface area contributed by atoms with Crippen molar-refractivity contribution in [2.45, 2.75) is 50.7 Å². The molecule has 136 valence electrons. The average Bonchev–Trinajstić information content (AvgIpc) is 3.18. The molecule has 7 heteroatoms. The Bertz CT molecular complexity index is 731. The summed E-state index contributed by atoms with van der Waals surface area (Å²) in [5.41, 5.74) is 0.932. The topological polar surface area (TPSA) is 64.2 Å². The Morgan fingerprint density at radius 2 is 2.08 bits per heavy atom. The van der Waals surface area contributed by atoms with Crippen LogP contribution in [0.5, 0.6) is 0 Å². The van der Waals surface area contributed by atoms with E-state index in [4.69, 9.17) is 4.42 Å². The second kappa shape index (κ2) is 7.64. The lowest BCUT2D eigenvalue weighted by Gasteiger charge is -2.33. The van der Waals surface area contributed by atoms with Gasteiger partial charge in [0.1, 0.15) is 5.76 Å². The summed E-state index contributed by atoms with van der Waals surface area (Å²) in [5.74, 6) is 2.91. The van der Waals surface area contributed by atoms with Crippen LogP contribution in [0, 0.1) is 12.8 Å². The Morgan fingerprint density at radius 3 is 2.72 bits per heavy atom. The maximum atomic E-state index is 12.5. The maximum absolute atomic E-state index is 12.5. The molecule has 0 unspecified atom stereocenters. The molecule has 2 heterocycles. The molecule has 0 atom stereocenters. The molecule has 0 saturated heterocycles. The molecule has 0 spiro atoms. The highest BCUT2D eigenvalue weighted by molar-refractivity contribution is 7.99. The van der Waals surface area contributed by atoms with Crippen LogP contribution in [-0.4, -0.2) is 44.4 Å². The van der Waals surface area contributed by atoms with Gasteiger partial charge in [0.2, 0.25) is 5.91 Å². The van der Waals surface area contributed by atoms with Crippen molar-refractivity contribution in [2.75, 3.05) is 12.8 Å². The number of amides is 1. The van der Waals surface area contributed by atoms with Crippen LogP contribution >= 0.6 is 11.8 Å². The quantitative estimate of drug-likeness (QED) is 0.762. The summed E-state index contributed by atoms with van der Waals surface area (Å²) >= 11 is 1.44. The number of carbonyl (C=O) groups excluding carboxylic acids is 1. The number of nitrogens with zero attached hydrogens (tertiary/aromatic N) is 4. The Labute approximate surface area is 153 Å². The third kappa shape index (κ3) is 3.92. The molecule has 2 aromatic rings. The first kappa shape index (κ1) is 18.0. The summed E-state index contributed by atoms with van der Waals surface area (Å²) < 4.78 is 7.25. The van der Waals surface area contributed by atoms with Crippen molar-refractivity contribution in [2.24, 2.45) is 13.0 Å². The highest BCUT2D eigenvalue weighted by atomic mass is 32.2. The third-order valence-corrected chi connectivity index (χ3v) is 6.19. The fourth-order valence-corrected chi connectivity index (χ4v) is 4.19. The van der Waals surface area contributed by atoms with E-state index in [0.717, 1.165) is 41.1 Å². The lowest BCUT2D eigenvalue weighted by Crippen LogP contribution is -2.40. The third-order valence-electron chi connectivity index (χ3n) is 5.19.